The van der Waals surface area contributed by atoms with Crippen molar-refractivity contribution in [1.29, 1.82) is 0 Å². The summed E-state index contributed by atoms with van der Waals surface area (Å²) in [5.41, 5.74) is 9.44. The van der Waals surface area contributed by atoms with E-state index in [0.717, 1.165) is 34.8 Å². The van der Waals surface area contributed by atoms with Crippen molar-refractivity contribution < 1.29 is 22.8 Å². The van der Waals surface area contributed by atoms with Crippen LogP contribution in [0.3, 0.4) is 0 Å². The fourth-order valence-corrected chi connectivity index (χ4v) is 5.65. The Balaban J connectivity index is 1.39. The minimum atomic E-state index is -4.68. The zero-order valence-electron chi connectivity index (χ0n) is 21.1. The Hall–Kier alpha value is -4.15. The second kappa shape index (κ2) is 9.25. The SMILES string of the molecule is C=CC(=O)N1CCc2nn(-c3ccc(C4CC4)cc3)c3c2[C@H](C1)N(C(=O)c1ccc(C(F)(F)F)nc1N)CC3. The lowest BCUT2D eigenvalue weighted by Crippen LogP contribution is -2.46. The molecule has 0 saturated heterocycles. The zero-order chi connectivity index (χ0) is 27.5. The van der Waals surface area contributed by atoms with Crippen LogP contribution in [-0.2, 0) is 23.8 Å². The van der Waals surface area contributed by atoms with E-state index in [0.29, 0.717) is 25.3 Å². The summed E-state index contributed by atoms with van der Waals surface area (Å²) >= 11 is 0. The maximum absolute atomic E-state index is 13.7. The third kappa shape index (κ3) is 4.45. The van der Waals surface area contributed by atoms with Gasteiger partial charge in [-0.3, -0.25) is 9.59 Å². The number of anilines is 1. The summed E-state index contributed by atoms with van der Waals surface area (Å²) in [6.45, 7) is 4.48. The third-order valence-electron chi connectivity index (χ3n) is 7.79. The molecule has 3 aromatic rings. The number of amides is 2. The molecule has 2 N–H and O–H groups in total. The molecule has 1 saturated carbocycles. The average Bonchev–Trinajstić information content (AvgIpc) is 3.73. The highest BCUT2D eigenvalue weighted by atomic mass is 19.4. The molecular formula is C28H27F3N6O2. The van der Waals surface area contributed by atoms with Crippen LogP contribution >= 0.6 is 0 Å². The van der Waals surface area contributed by atoms with Gasteiger partial charge in [-0.15, -0.1) is 0 Å². The standard InChI is InChI=1S/C28H27F3N6O2/c1-2-24(38)35-13-11-20-25-21(37(34-20)18-7-5-17(6-8-18)16-3-4-16)12-14-36(22(25)15-35)27(39)19-9-10-23(28(29,30)31)33-26(19)32/h2,5-10,16,22H,1,3-4,11-15H2,(H2,32,33)/t22-/m0/s1. The molecule has 2 aliphatic heterocycles. The van der Waals surface area contributed by atoms with Gasteiger partial charge in [-0.2, -0.15) is 18.3 Å². The number of nitrogens with two attached hydrogens (primary N) is 1. The van der Waals surface area contributed by atoms with Gasteiger partial charge in [0.05, 0.1) is 28.7 Å². The highest BCUT2D eigenvalue weighted by Crippen LogP contribution is 2.41. The Morgan fingerprint density at radius 2 is 1.79 bits per heavy atom. The van der Waals surface area contributed by atoms with Gasteiger partial charge in [-0.05, 0) is 54.7 Å². The summed E-state index contributed by atoms with van der Waals surface area (Å²) in [6, 6.07) is 9.66. The van der Waals surface area contributed by atoms with Crippen molar-refractivity contribution >= 4 is 17.6 Å². The number of carbonyl (C=O) groups is 2. The van der Waals surface area contributed by atoms with Gasteiger partial charge in [-0.25, -0.2) is 9.67 Å². The lowest BCUT2D eigenvalue weighted by molar-refractivity contribution is -0.141. The summed E-state index contributed by atoms with van der Waals surface area (Å²) in [5, 5.41) is 4.93. The first kappa shape index (κ1) is 25.1. The van der Waals surface area contributed by atoms with E-state index in [4.69, 9.17) is 10.8 Å². The van der Waals surface area contributed by atoms with Crippen LogP contribution in [0.15, 0.2) is 49.1 Å². The summed E-state index contributed by atoms with van der Waals surface area (Å²) in [7, 11) is 0. The maximum Gasteiger partial charge on any atom is 0.433 e. The molecule has 0 bridgehead atoms. The lowest BCUT2D eigenvalue weighted by atomic mass is 9.94. The van der Waals surface area contributed by atoms with Crippen LogP contribution in [0.25, 0.3) is 5.69 Å². The van der Waals surface area contributed by atoms with Crippen molar-refractivity contribution in [2.75, 3.05) is 25.4 Å². The number of alkyl halides is 3. The van der Waals surface area contributed by atoms with Crippen LogP contribution < -0.4 is 5.73 Å². The Bertz CT molecular complexity index is 1480. The van der Waals surface area contributed by atoms with Crippen LogP contribution in [0, 0.1) is 0 Å². The number of benzene rings is 1. The van der Waals surface area contributed by atoms with Crippen LogP contribution in [0.5, 0.6) is 0 Å². The van der Waals surface area contributed by atoms with Gasteiger partial charge in [0.2, 0.25) is 5.91 Å². The van der Waals surface area contributed by atoms with Crippen molar-refractivity contribution in [3.8, 4) is 5.69 Å². The number of aromatic nitrogens is 3. The normalized spacial score (nSPS) is 18.9. The third-order valence-corrected chi connectivity index (χ3v) is 7.79. The number of nitrogen functional groups attached to an aromatic ring is 1. The monoisotopic (exact) mass is 536 g/mol. The van der Waals surface area contributed by atoms with Crippen LogP contribution in [0.2, 0.25) is 0 Å². The van der Waals surface area contributed by atoms with Crippen molar-refractivity contribution in [2.24, 2.45) is 0 Å². The zero-order valence-corrected chi connectivity index (χ0v) is 21.1. The number of hydrogen-bond donors (Lipinski definition) is 1. The van der Waals surface area contributed by atoms with Crippen LogP contribution in [0.4, 0.5) is 19.0 Å². The minimum Gasteiger partial charge on any atom is -0.383 e. The molecule has 1 aliphatic carbocycles. The minimum absolute atomic E-state index is 0.109. The topological polar surface area (TPSA) is 97.4 Å². The predicted octanol–water partition coefficient (Wildman–Crippen LogP) is 4.06. The van der Waals surface area contributed by atoms with Crippen molar-refractivity contribution in [3.63, 3.8) is 0 Å². The van der Waals surface area contributed by atoms with Gasteiger partial charge in [0.25, 0.3) is 5.91 Å². The molecule has 4 heterocycles. The number of halogens is 3. The molecule has 0 spiro atoms. The first-order valence-electron chi connectivity index (χ1n) is 12.9. The molecule has 11 heteroatoms. The van der Waals surface area contributed by atoms with E-state index >= 15 is 0 Å². The largest absolute Gasteiger partial charge is 0.433 e. The van der Waals surface area contributed by atoms with Crippen molar-refractivity contribution in [2.45, 2.75) is 43.8 Å². The van der Waals surface area contributed by atoms with Gasteiger partial charge in [-0.1, -0.05) is 18.7 Å². The molecule has 1 atom stereocenters. The Morgan fingerprint density at radius 1 is 1.05 bits per heavy atom. The molecule has 2 amide bonds. The molecule has 2 aromatic heterocycles. The second-order valence-corrected chi connectivity index (χ2v) is 10.2. The number of hydrogen-bond acceptors (Lipinski definition) is 5. The number of carbonyl (C=O) groups excluding carboxylic acids is 2. The van der Waals surface area contributed by atoms with Gasteiger partial charge in [0.1, 0.15) is 11.5 Å². The highest BCUT2D eigenvalue weighted by Gasteiger charge is 2.41. The van der Waals surface area contributed by atoms with Crippen LogP contribution in [-0.4, -0.2) is 56.0 Å². The molecule has 1 fully saturated rings. The Morgan fingerprint density at radius 3 is 2.44 bits per heavy atom. The lowest BCUT2D eigenvalue weighted by Gasteiger charge is -2.38. The number of pyridine rings is 1. The van der Waals surface area contributed by atoms with E-state index in [-0.39, 0.29) is 24.6 Å². The van der Waals surface area contributed by atoms with E-state index < -0.39 is 29.6 Å². The first-order valence-corrected chi connectivity index (χ1v) is 12.9. The van der Waals surface area contributed by atoms with Crippen molar-refractivity contribution in [3.05, 3.63) is 82.8 Å². The quantitative estimate of drug-likeness (QED) is 0.508. The molecular weight excluding hydrogens is 509 g/mol. The summed E-state index contributed by atoms with van der Waals surface area (Å²) in [4.78, 5) is 33.0. The summed E-state index contributed by atoms with van der Waals surface area (Å²) < 4.78 is 41.3. The van der Waals surface area contributed by atoms with E-state index in [1.54, 1.807) is 9.80 Å². The predicted molar refractivity (Wildman–Crippen MR) is 137 cm³/mol. The molecule has 8 nitrogen and oxygen atoms in total. The summed E-state index contributed by atoms with van der Waals surface area (Å²) in [6.07, 6.45) is -0.0340. The van der Waals surface area contributed by atoms with E-state index in [2.05, 4.69) is 35.8 Å². The number of rotatable bonds is 4. The highest BCUT2D eigenvalue weighted by molar-refractivity contribution is 5.99. The molecule has 39 heavy (non-hydrogen) atoms. The number of nitrogens with zero attached hydrogens (tertiary/aromatic N) is 5. The van der Waals surface area contributed by atoms with Crippen molar-refractivity contribution in [1.82, 2.24) is 24.6 Å². The van der Waals surface area contributed by atoms with E-state index in [1.165, 1.54) is 24.5 Å². The molecule has 0 radical (unpaired) electrons. The van der Waals surface area contributed by atoms with E-state index in [9.17, 15) is 22.8 Å². The van der Waals surface area contributed by atoms with Gasteiger partial charge in [0, 0.05) is 38.0 Å². The molecule has 0 unspecified atom stereocenters. The smallest absolute Gasteiger partial charge is 0.383 e. The molecule has 6 rings (SSSR count). The molecule has 3 aliphatic rings. The Labute approximate surface area is 222 Å². The molecule has 1 aromatic carbocycles. The Kier molecular flexibility index (Phi) is 5.96. The second-order valence-electron chi connectivity index (χ2n) is 10.2. The fourth-order valence-electron chi connectivity index (χ4n) is 5.65. The van der Waals surface area contributed by atoms with Crippen LogP contribution in [0.1, 0.15) is 63.4 Å². The fraction of sp³-hybridized carbons (Fsp3) is 0.357. The van der Waals surface area contributed by atoms with Gasteiger partial charge in [0.15, 0.2) is 0 Å². The molecule has 202 valence electrons. The summed E-state index contributed by atoms with van der Waals surface area (Å²) in [5.74, 6) is -0.653. The maximum atomic E-state index is 13.7. The average molecular weight is 537 g/mol. The first-order chi connectivity index (χ1) is 18.7. The van der Waals surface area contributed by atoms with Gasteiger partial charge < -0.3 is 15.5 Å². The van der Waals surface area contributed by atoms with Gasteiger partial charge >= 0.3 is 6.18 Å². The van der Waals surface area contributed by atoms with E-state index in [1.807, 2.05) is 4.68 Å².